The summed E-state index contributed by atoms with van der Waals surface area (Å²) < 4.78 is 5.34. The van der Waals surface area contributed by atoms with E-state index in [1.807, 2.05) is 0 Å². The van der Waals surface area contributed by atoms with Gasteiger partial charge in [0.15, 0.2) is 0 Å². The lowest BCUT2D eigenvalue weighted by Crippen LogP contribution is -2.48. The second-order valence-electron chi connectivity index (χ2n) is 6.08. The summed E-state index contributed by atoms with van der Waals surface area (Å²) in [6.45, 7) is 3.76. The molecule has 0 aromatic heterocycles. The third-order valence-corrected chi connectivity index (χ3v) is 4.46. The van der Waals surface area contributed by atoms with Crippen LogP contribution in [0.25, 0.3) is 0 Å². The maximum atomic E-state index is 12.2. The van der Waals surface area contributed by atoms with E-state index in [4.69, 9.17) is 4.74 Å². The quantitative estimate of drug-likeness (QED) is 0.749. The minimum absolute atomic E-state index is 0. The number of carbonyl (C=O) groups is 2. The Morgan fingerprint density at radius 2 is 2.14 bits per heavy atom. The zero-order valence-electron chi connectivity index (χ0n) is 12.8. The SMILES string of the molecule is COCC1(CNC(=O)C2CC(=O)N(C)C2)CCNCC1.Cl. The summed E-state index contributed by atoms with van der Waals surface area (Å²) in [5, 5.41) is 6.37. The van der Waals surface area contributed by atoms with Gasteiger partial charge in [0.05, 0.1) is 12.5 Å². The number of likely N-dealkylation sites (tertiary alicyclic amines) is 1. The molecule has 0 spiro atoms. The molecule has 0 bridgehead atoms. The van der Waals surface area contributed by atoms with Crippen LogP contribution in [0.2, 0.25) is 0 Å². The number of methoxy groups -OCH3 is 1. The molecule has 0 aliphatic carbocycles. The summed E-state index contributed by atoms with van der Waals surface area (Å²) in [6.07, 6.45) is 2.34. The Labute approximate surface area is 132 Å². The van der Waals surface area contributed by atoms with Crippen LogP contribution < -0.4 is 10.6 Å². The van der Waals surface area contributed by atoms with E-state index in [0.29, 0.717) is 26.1 Å². The first-order valence-electron chi connectivity index (χ1n) is 7.28. The molecule has 0 aromatic rings. The van der Waals surface area contributed by atoms with Crippen molar-refractivity contribution >= 4 is 24.2 Å². The highest BCUT2D eigenvalue weighted by atomic mass is 35.5. The van der Waals surface area contributed by atoms with Crippen molar-refractivity contribution in [3.63, 3.8) is 0 Å². The van der Waals surface area contributed by atoms with Crippen LogP contribution in [-0.4, -0.2) is 63.7 Å². The van der Waals surface area contributed by atoms with E-state index in [-0.39, 0.29) is 35.6 Å². The van der Waals surface area contributed by atoms with Crippen LogP contribution in [0.1, 0.15) is 19.3 Å². The van der Waals surface area contributed by atoms with Gasteiger partial charge in [0.2, 0.25) is 11.8 Å². The number of nitrogens with zero attached hydrogens (tertiary/aromatic N) is 1. The van der Waals surface area contributed by atoms with Crippen LogP contribution in [0.3, 0.4) is 0 Å². The minimum Gasteiger partial charge on any atom is -0.384 e. The molecular weight excluding hydrogens is 294 g/mol. The van der Waals surface area contributed by atoms with Crippen molar-refractivity contribution in [2.75, 3.05) is 46.9 Å². The van der Waals surface area contributed by atoms with E-state index in [9.17, 15) is 9.59 Å². The predicted molar refractivity (Wildman–Crippen MR) is 82.4 cm³/mol. The molecule has 2 aliphatic rings. The van der Waals surface area contributed by atoms with Gasteiger partial charge in [-0.3, -0.25) is 9.59 Å². The molecule has 2 amide bonds. The van der Waals surface area contributed by atoms with Gasteiger partial charge in [-0.05, 0) is 25.9 Å². The van der Waals surface area contributed by atoms with Crippen molar-refractivity contribution in [1.29, 1.82) is 0 Å². The van der Waals surface area contributed by atoms with Gasteiger partial charge in [-0.15, -0.1) is 12.4 Å². The lowest BCUT2D eigenvalue weighted by molar-refractivity contribution is -0.128. The third kappa shape index (κ3) is 4.56. The van der Waals surface area contributed by atoms with Crippen LogP contribution in [0.5, 0.6) is 0 Å². The topological polar surface area (TPSA) is 70.7 Å². The fourth-order valence-electron chi connectivity index (χ4n) is 3.09. The number of ether oxygens (including phenoxy) is 1. The fourth-order valence-corrected chi connectivity index (χ4v) is 3.09. The summed E-state index contributed by atoms with van der Waals surface area (Å²) >= 11 is 0. The fraction of sp³-hybridized carbons (Fsp3) is 0.857. The van der Waals surface area contributed by atoms with Crippen LogP contribution in [0.15, 0.2) is 0 Å². The molecule has 2 rings (SSSR count). The van der Waals surface area contributed by atoms with E-state index in [0.717, 1.165) is 25.9 Å². The molecule has 2 N–H and O–H groups in total. The first-order valence-corrected chi connectivity index (χ1v) is 7.28. The first-order chi connectivity index (χ1) is 9.56. The highest BCUT2D eigenvalue weighted by Crippen LogP contribution is 2.28. The van der Waals surface area contributed by atoms with E-state index in [1.165, 1.54) is 0 Å². The van der Waals surface area contributed by atoms with Crippen LogP contribution >= 0.6 is 12.4 Å². The van der Waals surface area contributed by atoms with Gasteiger partial charge < -0.3 is 20.3 Å². The largest absolute Gasteiger partial charge is 0.384 e. The molecule has 6 nitrogen and oxygen atoms in total. The van der Waals surface area contributed by atoms with Crippen molar-refractivity contribution in [3.8, 4) is 0 Å². The van der Waals surface area contributed by atoms with E-state index < -0.39 is 0 Å². The van der Waals surface area contributed by atoms with Gasteiger partial charge in [0.1, 0.15) is 0 Å². The molecule has 1 unspecified atom stereocenters. The van der Waals surface area contributed by atoms with E-state index in [2.05, 4.69) is 10.6 Å². The van der Waals surface area contributed by atoms with Gasteiger partial charge in [-0.25, -0.2) is 0 Å². The van der Waals surface area contributed by atoms with Crippen molar-refractivity contribution in [1.82, 2.24) is 15.5 Å². The van der Waals surface area contributed by atoms with Gasteiger partial charge in [0.25, 0.3) is 0 Å². The first kappa shape index (κ1) is 18.2. The van der Waals surface area contributed by atoms with Crippen LogP contribution in [0, 0.1) is 11.3 Å². The van der Waals surface area contributed by atoms with Crippen molar-refractivity contribution in [3.05, 3.63) is 0 Å². The summed E-state index contributed by atoms with van der Waals surface area (Å²) in [5.74, 6) is -0.149. The zero-order chi connectivity index (χ0) is 14.6. The molecule has 2 fully saturated rings. The number of carbonyl (C=O) groups excluding carboxylic acids is 2. The average Bonchev–Trinajstić information content (AvgIpc) is 2.78. The standard InChI is InChI=1S/C14H25N3O3.ClH/c1-17-8-11(7-12(17)18)13(19)16-9-14(10-20-2)3-5-15-6-4-14;/h11,15H,3-10H2,1-2H3,(H,16,19);1H. The number of nitrogens with one attached hydrogen (secondary N) is 2. The van der Waals surface area contributed by atoms with Crippen molar-refractivity contribution in [2.24, 2.45) is 11.3 Å². The van der Waals surface area contributed by atoms with Gasteiger partial charge in [0, 0.05) is 39.1 Å². The summed E-state index contributed by atoms with van der Waals surface area (Å²) in [4.78, 5) is 25.3. The van der Waals surface area contributed by atoms with Gasteiger partial charge in [-0.1, -0.05) is 0 Å². The maximum absolute atomic E-state index is 12.2. The minimum atomic E-state index is -0.200. The van der Waals surface area contributed by atoms with Crippen LogP contribution in [0.4, 0.5) is 0 Å². The Hall–Kier alpha value is -0.850. The lowest BCUT2D eigenvalue weighted by atomic mass is 9.79. The average molecular weight is 320 g/mol. The molecule has 2 aliphatic heterocycles. The second-order valence-corrected chi connectivity index (χ2v) is 6.08. The molecule has 2 saturated heterocycles. The molecule has 0 aromatic carbocycles. The third-order valence-electron chi connectivity index (χ3n) is 4.46. The van der Waals surface area contributed by atoms with Gasteiger partial charge in [-0.2, -0.15) is 0 Å². The monoisotopic (exact) mass is 319 g/mol. The molecule has 1 atom stereocenters. The zero-order valence-corrected chi connectivity index (χ0v) is 13.6. The number of hydrogen-bond donors (Lipinski definition) is 2. The summed E-state index contributed by atoms with van der Waals surface area (Å²) in [6, 6.07) is 0. The van der Waals surface area contributed by atoms with Crippen LogP contribution in [-0.2, 0) is 14.3 Å². The Kier molecular flexibility index (Phi) is 6.90. The molecule has 7 heteroatoms. The highest BCUT2D eigenvalue weighted by molar-refractivity contribution is 5.89. The van der Waals surface area contributed by atoms with Gasteiger partial charge >= 0.3 is 0 Å². The number of rotatable bonds is 5. The Morgan fingerprint density at radius 3 is 2.67 bits per heavy atom. The number of hydrogen-bond acceptors (Lipinski definition) is 4. The summed E-state index contributed by atoms with van der Waals surface area (Å²) in [7, 11) is 3.45. The molecule has 0 radical (unpaired) electrons. The second kappa shape index (κ2) is 7.96. The molecule has 2 heterocycles. The Balaban J connectivity index is 0.00000220. The molecule has 122 valence electrons. The number of halogens is 1. The number of amides is 2. The maximum Gasteiger partial charge on any atom is 0.225 e. The van der Waals surface area contributed by atoms with E-state index >= 15 is 0 Å². The highest BCUT2D eigenvalue weighted by Gasteiger charge is 2.35. The molecule has 0 saturated carbocycles. The number of piperidine rings is 1. The van der Waals surface area contributed by atoms with Crippen molar-refractivity contribution < 1.29 is 14.3 Å². The Bertz CT molecular complexity index is 367. The Morgan fingerprint density at radius 1 is 1.48 bits per heavy atom. The predicted octanol–water partition coefficient (Wildman–Crippen LogP) is 0.0189. The lowest BCUT2D eigenvalue weighted by Gasteiger charge is -2.37. The van der Waals surface area contributed by atoms with Crippen molar-refractivity contribution in [2.45, 2.75) is 19.3 Å². The molecule has 21 heavy (non-hydrogen) atoms. The molecular formula is C14H26ClN3O3. The summed E-state index contributed by atoms with van der Waals surface area (Å²) in [5.41, 5.74) is 0.0319. The normalized spacial score (nSPS) is 24.6. The smallest absolute Gasteiger partial charge is 0.225 e. The van der Waals surface area contributed by atoms with E-state index in [1.54, 1.807) is 19.1 Å².